The zero-order valence-corrected chi connectivity index (χ0v) is 94.0. The maximum atomic E-state index is 13.3. The van der Waals surface area contributed by atoms with Crippen LogP contribution in [0.5, 0.6) is 12.0 Å². The molecule has 31 nitrogen and oxygen atoms in total. The SMILES string of the molecule is C1COCCO1.CN1CCC[C@H]1COc1nc2c(c(N3CCN(C(=O)OCc4ccccc4)C(CC#N)C3)n1)CCNC2.Cc1ccc2cn(COCC[Si](C)(C)C)nc2c1Br.Cc1ccc2cn(COCC[Si](C)(C)C)nc2c1N1CCc2c(nc(OC[C@@H]3CCCN3C)nc2N2CCN(C(=O)OCc3ccccc3)C(CC#N)C2)C1.O=CO[O-].[CH3-].[CH3-].[Cs+].[Cs+].[H-].[Pd+2]. The third-order valence-electron chi connectivity index (χ3n) is 22.5. The van der Waals surface area contributed by atoms with Gasteiger partial charge in [-0.15, -0.1) is 0 Å². The zero-order valence-electron chi connectivity index (χ0n) is 77.3. The van der Waals surface area contributed by atoms with Gasteiger partial charge in [0.15, 0.2) is 0 Å². The molecule has 11 heterocycles. The summed E-state index contributed by atoms with van der Waals surface area (Å²) in [5.41, 5.74) is 11.4. The van der Waals surface area contributed by atoms with Crippen molar-refractivity contribution < 1.29 is 222 Å². The summed E-state index contributed by atoms with van der Waals surface area (Å²) in [5.74, 6) is 1.69. The number of carbonyl (C=O) groups is 3. The van der Waals surface area contributed by atoms with Gasteiger partial charge in [-0.1, -0.05) is 124 Å². The molecule has 126 heavy (non-hydrogen) atoms. The van der Waals surface area contributed by atoms with E-state index in [1.165, 1.54) is 18.0 Å². The number of hydrogen-bond donors (Lipinski definition) is 1. The van der Waals surface area contributed by atoms with E-state index < -0.39 is 22.2 Å². The molecule has 0 radical (unpaired) electrons. The van der Waals surface area contributed by atoms with Crippen LogP contribution in [-0.4, -0.2) is 250 Å². The van der Waals surface area contributed by atoms with Crippen LogP contribution in [0.3, 0.4) is 0 Å². The molecule has 0 spiro atoms. The first-order chi connectivity index (χ1) is 58.5. The number of benzene rings is 4. The van der Waals surface area contributed by atoms with Crippen molar-refractivity contribution in [3.63, 3.8) is 0 Å². The molecule has 678 valence electrons. The second-order valence-electron chi connectivity index (χ2n) is 33.9. The third-order valence-corrected chi connectivity index (χ3v) is 26.9. The van der Waals surface area contributed by atoms with Crippen LogP contribution in [0.25, 0.3) is 21.8 Å². The molecular formula is C89H127BrCs2N18O13PdSi2. The van der Waals surface area contributed by atoms with Crippen LogP contribution in [0.15, 0.2) is 102 Å². The molecule has 5 saturated heterocycles. The molecule has 15 rings (SSSR count). The van der Waals surface area contributed by atoms with Crippen LogP contribution >= 0.6 is 15.9 Å². The summed E-state index contributed by atoms with van der Waals surface area (Å²) in [5, 5.41) is 43.0. The molecule has 2 amide bonds. The molecule has 1 N–H and O–H groups in total. The number of anilines is 3. The van der Waals surface area contributed by atoms with Crippen LogP contribution in [-0.2, 0) is 111 Å². The minimum absolute atomic E-state index is 0. The maximum Gasteiger partial charge on any atom is 2.00 e. The van der Waals surface area contributed by atoms with Crippen molar-refractivity contribution in [1.82, 2.24) is 64.4 Å². The molecule has 0 bridgehead atoms. The summed E-state index contributed by atoms with van der Waals surface area (Å²) in [4.78, 5) is 72.1. The van der Waals surface area contributed by atoms with Crippen molar-refractivity contribution in [1.29, 1.82) is 10.5 Å². The number of amides is 2. The van der Waals surface area contributed by atoms with Crippen molar-refractivity contribution >= 4 is 89.9 Å². The van der Waals surface area contributed by atoms with Gasteiger partial charge in [-0.3, -0.25) is 4.79 Å². The van der Waals surface area contributed by atoms with E-state index in [0.717, 1.165) is 187 Å². The number of fused-ring (bicyclic) bond motifs is 4. The minimum atomic E-state index is -1.18. The van der Waals surface area contributed by atoms with Crippen LogP contribution in [0, 0.1) is 51.4 Å². The Morgan fingerprint density at radius 2 is 1.06 bits per heavy atom. The first-order valence-electron chi connectivity index (χ1n) is 42.2. The van der Waals surface area contributed by atoms with Gasteiger partial charge in [0.25, 0.3) is 6.47 Å². The minimum Gasteiger partial charge on any atom is -1.00 e. The van der Waals surface area contributed by atoms with Crippen molar-refractivity contribution in [3.05, 3.63) is 161 Å². The van der Waals surface area contributed by atoms with E-state index in [1.54, 1.807) is 9.80 Å². The number of likely N-dealkylation sites (N-methyl/N-ethyl adjacent to an activating group) is 2. The van der Waals surface area contributed by atoms with Crippen molar-refractivity contribution in [2.75, 3.05) is 147 Å². The number of nitrogens with one attached hydrogen (secondary N) is 1. The fourth-order valence-electron chi connectivity index (χ4n) is 15.5. The van der Waals surface area contributed by atoms with Gasteiger partial charge in [0.1, 0.15) is 62.6 Å². The molecule has 37 heteroatoms. The Bertz CT molecular complexity index is 4760. The van der Waals surface area contributed by atoms with E-state index >= 15 is 0 Å². The smallest absolute Gasteiger partial charge is 1.00 e. The molecule has 0 saturated carbocycles. The Labute approximate surface area is 888 Å². The van der Waals surface area contributed by atoms with E-state index in [2.05, 4.69) is 166 Å². The van der Waals surface area contributed by atoms with Crippen molar-refractivity contribution in [2.45, 2.75) is 181 Å². The molecule has 8 aromatic rings. The van der Waals surface area contributed by atoms with Gasteiger partial charge in [0.05, 0.1) is 87.1 Å². The number of piperazine rings is 2. The average Bonchev–Trinajstić information content (AvgIpc) is 1.72. The number of aryl methyl sites for hydroxylation is 2. The van der Waals surface area contributed by atoms with Gasteiger partial charge >= 0.3 is 182 Å². The molecule has 7 aliphatic rings. The summed E-state index contributed by atoms with van der Waals surface area (Å²) in [6.07, 6.45) is 9.84. The van der Waals surface area contributed by atoms with E-state index in [9.17, 15) is 20.1 Å². The Hall–Kier alpha value is -4.67. The monoisotopic (exact) mass is 2160 g/mol. The fraction of sp³-hybridized carbons (Fsp3) is 0.539. The van der Waals surface area contributed by atoms with Crippen molar-refractivity contribution in [2.24, 2.45) is 0 Å². The molecular weight excluding hydrogens is 2040 g/mol. The Morgan fingerprint density at radius 3 is 1.50 bits per heavy atom. The number of rotatable bonds is 26. The second-order valence-corrected chi connectivity index (χ2v) is 46.0. The predicted octanol–water partition coefficient (Wildman–Crippen LogP) is 6.47. The van der Waals surface area contributed by atoms with Crippen LogP contribution in [0.4, 0.5) is 26.9 Å². The summed E-state index contributed by atoms with van der Waals surface area (Å²) in [7, 11) is 2.08. The summed E-state index contributed by atoms with van der Waals surface area (Å²) >= 11 is 3.59. The number of carbonyl (C=O) groups excluding carboxylic acids is 3. The standard InChI is InChI=1S/C41H55N9O4Si.C27H35N7O3.C14H21BrN2OSi.C4H8O2.CH2O3.2CH3.2Cs.Pd.H/c1-30-13-14-32-24-49(29-52-22-23-55(3,4)5)45-37(32)38(30)47-19-16-35-36(26-47)43-40(53-28-34-12-9-18-46(34)2)44-39(35)48-20-21-50(33(25-48)15-17-42)41(51)54-27-31-10-7-6-8-11-31;1-32-13-5-8-22(32)19-36-26-30-24-16-29-12-10-23(24)25(31-26)33-14-15-34(21(17-33)9-11-28)27(35)37-18-20-6-3-2-4-7-20;1-11-5-6-12-9-17(16-14(12)13(11)15)10-18-7-8-19(2,3)4;1-2-6-4-3-5-1;2-1-4-3;;;;;;/h6-8,10-11,13-14,24,33-34H,9,12,15-16,18-23,25-29H2,1-5H3;2-4,6-7,21-22,29H,5,8-10,12-19H2,1H3;5-6,9H,7-8,10H2,1-4H3;1-4H2;1,3H;2*1H3;;;;/q;;;;;2*-1;2*+1;+2;-1/p-1/t33?,34-;21?,22-;;;;;;;;;/m00........./s1. The molecule has 7 aliphatic heterocycles. The Kier molecular flexibility index (Phi) is 48.7. The number of halogens is 1. The number of nitriles is 2. The second kappa shape index (κ2) is 55.7. The first-order valence-corrected chi connectivity index (χ1v) is 50.4. The molecule has 4 atom stereocenters. The number of hydrogen-bond acceptors (Lipinski definition) is 27. The largest absolute Gasteiger partial charge is 2.00 e. The summed E-state index contributed by atoms with van der Waals surface area (Å²) in [6, 6.07) is 35.5. The third kappa shape index (κ3) is 33.2. The van der Waals surface area contributed by atoms with Crippen molar-refractivity contribution in [3.8, 4) is 24.2 Å². The fourth-order valence-corrected chi connectivity index (χ4v) is 17.4. The van der Waals surface area contributed by atoms with Gasteiger partial charge in [-0.05, 0) is 136 Å². The molecule has 2 unspecified atom stereocenters. The number of likely N-dealkylation sites (tertiary alicyclic amines) is 2. The predicted molar refractivity (Wildman–Crippen MR) is 483 cm³/mol. The van der Waals surface area contributed by atoms with E-state index in [-0.39, 0.29) is 225 Å². The van der Waals surface area contributed by atoms with E-state index in [4.69, 9.17) is 73.0 Å². The Morgan fingerprint density at radius 1 is 0.603 bits per heavy atom. The topological polar surface area (TPSA) is 327 Å². The quantitative estimate of drug-likeness (QED) is 0.0152. The summed E-state index contributed by atoms with van der Waals surface area (Å²) in [6.45, 7) is 33.4. The van der Waals surface area contributed by atoms with Crippen LogP contribution in [0.1, 0.15) is 84.7 Å². The molecule has 5 fully saturated rings. The van der Waals surface area contributed by atoms with Gasteiger partial charge < -0.3 is 104 Å². The molecule has 0 aliphatic carbocycles. The van der Waals surface area contributed by atoms with E-state index in [0.29, 0.717) is 103 Å². The normalized spacial score (nSPS) is 17.9. The van der Waals surface area contributed by atoms with Gasteiger partial charge in [-0.2, -0.15) is 40.7 Å². The number of ether oxygens (including phenoxy) is 8. The van der Waals surface area contributed by atoms with Crippen LogP contribution < -0.4 is 173 Å². The van der Waals surface area contributed by atoms with E-state index in [1.807, 2.05) is 76.2 Å². The first kappa shape index (κ1) is 110. The zero-order chi connectivity index (χ0) is 85.8. The van der Waals surface area contributed by atoms with Crippen LogP contribution in [0.2, 0.25) is 51.4 Å². The molecule has 4 aromatic carbocycles. The van der Waals surface area contributed by atoms with Gasteiger partial charge in [0, 0.05) is 133 Å². The van der Waals surface area contributed by atoms with Gasteiger partial charge in [-0.25, -0.2) is 19.0 Å². The number of nitrogens with zero attached hydrogens (tertiary/aromatic N) is 17. The Balaban J connectivity index is 0.000000341. The average molecular weight is 2170 g/mol. The molecule has 4 aromatic heterocycles. The maximum absolute atomic E-state index is 13.3. The van der Waals surface area contributed by atoms with Gasteiger partial charge in [0.2, 0.25) is 0 Å². The number of aromatic nitrogens is 8. The summed E-state index contributed by atoms with van der Waals surface area (Å²) < 4.78 is 50.3.